The van der Waals surface area contributed by atoms with E-state index in [1.54, 1.807) is 14.2 Å². The molecule has 0 aliphatic carbocycles. The van der Waals surface area contributed by atoms with Gasteiger partial charge in [-0.3, -0.25) is 0 Å². The van der Waals surface area contributed by atoms with Crippen LogP contribution in [-0.4, -0.2) is 14.2 Å². The Bertz CT molecular complexity index is 692. The molecule has 3 nitrogen and oxygen atoms in total. The molecule has 0 heterocycles. The van der Waals surface area contributed by atoms with E-state index < -0.39 is 0 Å². The van der Waals surface area contributed by atoms with Crippen LogP contribution in [0.4, 0.5) is 5.69 Å². The smallest absolute Gasteiger partial charge is 0.164 e. The minimum Gasteiger partial charge on any atom is -0.493 e. The first kappa shape index (κ1) is 16.9. The third-order valence-electron chi connectivity index (χ3n) is 3.98. The second kappa shape index (κ2) is 7.73. The lowest BCUT2D eigenvalue weighted by molar-refractivity contribution is 0.352. The van der Waals surface area contributed by atoms with Crippen molar-refractivity contribution in [1.82, 2.24) is 0 Å². The molecule has 2 aromatic carbocycles. The molecule has 0 unspecified atom stereocenters. The van der Waals surface area contributed by atoms with Crippen LogP contribution < -0.4 is 14.8 Å². The normalized spacial score (nSPS) is 10.3. The molecule has 23 heavy (non-hydrogen) atoms. The van der Waals surface area contributed by atoms with Crippen molar-refractivity contribution in [3.8, 4) is 11.5 Å². The van der Waals surface area contributed by atoms with E-state index in [0.29, 0.717) is 0 Å². The second-order valence-corrected chi connectivity index (χ2v) is 5.64. The van der Waals surface area contributed by atoms with Crippen LogP contribution in [0.15, 0.2) is 43.0 Å². The maximum absolute atomic E-state index is 5.47. The van der Waals surface area contributed by atoms with E-state index in [1.165, 1.54) is 11.1 Å². The molecule has 0 saturated carbocycles. The van der Waals surface area contributed by atoms with E-state index in [9.17, 15) is 0 Å². The Hall–Kier alpha value is -2.42. The van der Waals surface area contributed by atoms with Gasteiger partial charge in [0.2, 0.25) is 0 Å². The van der Waals surface area contributed by atoms with Gasteiger partial charge in [0.1, 0.15) is 0 Å². The number of rotatable bonds is 7. The summed E-state index contributed by atoms with van der Waals surface area (Å²) in [6.45, 7) is 8.79. The molecule has 0 atom stereocenters. The van der Waals surface area contributed by atoms with Gasteiger partial charge in [0.15, 0.2) is 11.5 Å². The summed E-state index contributed by atoms with van der Waals surface area (Å²) in [4.78, 5) is 0. The quantitative estimate of drug-likeness (QED) is 0.754. The number of ether oxygens (including phenoxy) is 2. The van der Waals surface area contributed by atoms with E-state index in [-0.39, 0.29) is 0 Å². The van der Waals surface area contributed by atoms with E-state index in [2.05, 4.69) is 50.0 Å². The molecular weight excluding hydrogens is 286 g/mol. The lowest BCUT2D eigenvalue weighted by atomic mass is 10.0. The van der Waals surface area contributed by atoms with Crippen molar-refractivity contribution in [2.24, 2.45) is 0 Å². The third kappa shape index (κ3) is 4.07. The van der Waals surface area contributed by atoms with Gasteiger partial charge >= 0.3 is 0 Å². The molecule has 0 bridgehead atoms. The summed E-state index contributed by atoms with van der Waals surface area (Å²) in [5.41, 5.74) is 5.94. The summed E-state index contributed by atoms with van der Waals surface area (Å²) in [6, 6.07) is 10.6. The highest BCUT2D eigenvalue weighted by Crippen LogP contribution is 2.33. The van der Waals surface area contributed by atoms with Crippen molar-refractivity contribution in [2.75, 3.05) is 19.5 Å². The Morgan fingerprint density at radius 1 is 1.04 bits per heavy atom. The van der Waals surface area contributed by atoms with Gasteiger partial charge < -0.3 is 14.8 Å². The van der Waals surface area contributed by atoms with Crippen LogP contribution in [0.1, 0.15) is 22.3 Å². The Balaban J connectivity index is 2.23. The fourth-order valence-electron chi connectivity index (χ4n) is 2.57. The predicted octanol–water partition coefficient (Wildman–Crippen LogP) is 4.66. The molecule has 122 valence electrons. The number of aryl methyl sites for hydroxylation is 2. The lowest BCUT2D eigenvalue weighted by Crippen LogP contribution is -2.03. The van der Waals surface area contributed by atoms with Crippen LogP contribution in [0.25, 0.3) is 0 Å². The SMILES string of the molecule is C=CCc1cc(CNc2ccc(C)c(C)c2)cc(OC)c1OC. The zero-order valence-corrected chi connectivity index (χ0v) is 14.4. The van der Waals surface area contributed by atoms with Crippen LogP contribution in [-0.2, 0) is 13.0 Å². The summed E-state index contributed by atoms with van der Waals surface area (Å²) < 4.78 is 10.9. The first-order valence-electron chi connectivity index (χ1n) is 7.74. The Labute approximate surface area is 138 Å². The van der Waals surface area contributed by atoms with Crippen molar-refractivity contribution >= 4 is 5.69 Å². The van der Waals surface area contributed by atoms with Gasteiger partial charge in [0, 0.05) is 17.8 Å². The number of methoxy groups -OCH3 is 2. The van der Waals surface area contributed by atoms with Gasteiger partial charge in [0.05, 0.1) is 14.2 Å². The fraction of sp³-hybridized carbons (Fsp3) is 0.300. The van der Waals surface area contributed by atoms with Crippen LogP contribution >= 0.6 is 0 Å². The molecule has 2 rings (SSSR count). The van der Waals surface area contributed by atoms with Crippen molar-refractivity contribution < 1.29 is 9.47 Å². The Morgan fingerprint density at radius 2 is 1.83 bits per heavy atom. The van der Waals surface area contributed by atoms with Gasteiger partial charge in [-0.25, -0.2) is 0 Å². The van der Waals surface area contributed by atoms with Gasteiger partial charge in [-0.15, -0.1) is 6.58 Å². The largest absolute Gasteiger partial charge is 0.493 e. The molecule has 0 aliphatic rings. The van der Waals surface area contributed by atoms with Crippen LogP contribution in [0.5, 0.6) is 11.5 Å². The monoisotopic (exact) mass is 311 g/mol. The Kier molecular flexibility index (Phi) is 5.69. The van der Waals surface area contributed by atoms with Crippen molar-refractivity contribution in [3.05, 3.63) is 65.2 Å². The number of allylic oxidation sites excluding steroid dienone is 1. The fourth-order valence-corrected chi connectivity index (χ4v) is 2.57. The number of benzene rings is 2. The van der Waals surface area contributed by atoms with Crippen LogP contribution in [0.2, 0.25) is 0 Å². The average Bonchev–Trinajstić information content (AvgIpc) is 2.55. The molecule has 0 radical (unpaired) electrons. The molecule has 0 aromatic heterocycles. The zero-order chi connectivity index (χ0) is 16.8. The summed E-state index contributed by atoms with van der Waals surface area (Å²) in [6.07, 6.45) is 2.62. The second-order valence-electron chi connectivity index (χ2n) is 5.64. The molecule has 0 fully saturated rings. The molecule has 2 aromatic rings. The van der Waals surface area contributed by atoms with E-state index in [4.69, 9.17) is 9.47 Å². The van der Waals surface area contributed by atoms with Gasteiger partial charge in [0.25, 0.3) is 0 Å². The number of anilines is 1. The third-order valence-corrected chi connectivity index (χ3v) is 3.98. The molecule has 3 heteroatoms. The minimum absolute atomic E-state index is 0.729. The molecule has 0 aliphatic heterocycles. The molecule has 0 spiro atoms. The Morgan fingerprint density at radius 3 is 2.43 bits per heavy atom. The summed E-state index contributed by atoms with van der Waals surface area (Å²) in [5.74, 6) is 1.53. The van der Waals surface area contributed by atoms with E-state index in [0.717, 1.165) is 41.3 Å². The standard InChI is InChI=1S/C20H25NO2/c1-6-7-17-11-16(12-19(22-4)20(17)23-5)13-21-18-9-8-14(2)15(3)10-18/h6,8-12,21H,1,7,13H2,2-5H3. The van der Waals surface area contributed by atoms with Gasteiger partial charge in [-0.05, 0) is 61.2 Å². The van der Waals surface area contributed by atoms with Gasteiger partial charge in [-0.2, -0.15) is 0 Å². The first-order chi connectivity index (χ1) is 11.1. The minimum atomic E-state index is 0.729. The van der Waals surface area contributed by atoms with E-state index in [1.807, 2.05) is 12.1 Å². The maximum Gasteiger partial charge on any atom is 0.164 e. The summed E-state index contributed by atoms with van der Waals surface area (Å²) >= 11 is 0. The van der Waals surface area contributed by atoms with Crippen molar-refractivity contribution in [3.63, 3.8) is 0 Å². The highest BCUT2D eigenvalue weighted by molar-refractivity contribution is 5.52. The zero-order valence-electron chi connectivity index (χ0n) is 14.4. The summed E-state index contributed by atoms with van der Waals surface area (Å²) in [7, 11) is 3.33. The number of hydrogen-bond donors (Lipinski definition) is 1. The average molecular weight is 311 g/mol. The topological polar surface area (TPSA) is 30.5 Å². The maximum atomic E-state index is 5.47. The highest BCUT2D eigenvalue weighted by atomic mass is 16.5. The highest BCUT2D eigenvalue weighted by Gasteiger charge is 2.11. The van der Waals surface area contributed by atoms with Crippen molar-refractivity contribution in [2.45, 2.75) is 26.8 Å². The predicted molar refractivity (Wildman–Crippen MR) is 96.7 cm³/mol. The molecule has 1 N–H and O–H groups in total. The lowest BCUT2D eigenvalue weighted by Gasteiger charge is -2.15. The van der Waals surface area contributed by atoms with Gasteiger partial charge in [-0.1, -0.05) is 12.1 Å². The van der Waals surface area contributed by atoms with Crippen LogP contribution in [0, 0.1) is 13.8 Å². The first-order valence-corrected chi connectivity index (χ1v) is 7.74. The molecule has 0 amide bonds. The van der Waals surface area contributed by atoms with E-state index >= 15 is 0 Å². The molecule has 0 saturated heterocycles. The molecular formula is C20H25NO2. The summed E-state index contributed by atoms with van der Waals surface area (Å²) in [5, 5.41) is 3.46. The van der Waals surface area contributed by atoms with Crippen molar-refractivity contribution in [1.29, 1.82) is 0 Å². The number of hydrogen-bond acceptors (Lipinski definition) is 3. The van der Waals surface area contributed by atoms with Crippen LogP contribution in [0.3, 0.4) is 0 Å². The number of nitrogens with one attached hydrogen (secondary N) is 1.